The third-order valence-corrected chi connectivity index (χ3v) is 4.78. The van der Waals surface area contributed by atoms with E-state index in [0.717, 1.165) is 37.3 Å². The van der Waals surface area contributed by atoms with Crippen LogP contribution in [-0.2, 0) is 33.9 Å². The number of hydrogen-bond donors (Lipinski definition) is 1. The van der Waals surface area contributed by atoms with E-state index in [-0.39, 0.29) is 24.6 Å². The molecule has 2 aliphatic rings. The second kappa shape index (κ2) is 9.18. The Balaban J connectivity index is 1.40. The van der Waals surface area contributed by atoms with Crippen LogP contribution in [0, 0.1) is 0 Å². The van der Waals surface area contributed by atoms with Gasteiger partial charge < -0.3 is 24.6 Å². The Hall–Kier alpha value is -2.13. The third-order valence-electron chi connectivity index (χ3n) is 4.78. The molecule has 1 aromatic rings. The van der Waals surface area contributed by atoms with E-state index in [4.69, 9.17) is 9.47 Å². The summed E-state index contributed by atoms with van der Waals surface area (Å²) in [5, 5.41) is 7.33. The van der Waals surface area contributed by atoms with Gasteiger partial charge in [0.1, 0.15) is 6.61 Å². The number of fused-ring (bicyclic) bond motifs is 1. The molecule has 1 aromatic heterocycles. The molecule has 0 aliphatic carbocycles. The first-order valence-corrected chi connectivity index (χ1v) is 9.51. The van der Waals surface area contributed by atoms with Gasteiger partial charge in [0.05, 0.1) is 43.7 Å². The summed E-state index contributed by atoms with van der Waals surface area (Å²) in [4.78, 5) is 27.4. The zero-order valence-electron chi connectivity index (χ0n) is 16.1. The first-order chi connectivity index (χ1) is 13.0. The Labute approximate surface area is 159 Å². The van der Waals surface area contributed by atoms with Crippen LogP contribution in [0.1, 0.15) is 30.7 Å². The molecule has 1 N–H and O–H groups in total. The van der Waals surface area contributed by atoms with Crippen molar-refractivity contribution in [2.24, 2.45) is 0 Å². The van der Waals surface area contributed by atoms with E-state index in [0.29, 0.717) is 32.8 Å². The van der Waals surface area contributed by atoms with Crippen LogP contribution in [0.3, 0.4) is 0 Å². The summed E-state index contributed by atoms with van der Waals surface area (Å²) < 4.78 is 12.9. The van der Waals surface area contributed by atoms with Crippen molar-refractivity contribution in [1.29, 1.82) is 0 Å². The number of hydrogen-bond acceptors (Lipinski definition) is 5. The molecule has 3 amide bonds. The van der Waals surface area contributed by atoms with Gasteiger partial charge in [0.25, 0.3) is 0 Å². The lowest BCUT2D eigenvalue weighted by atomic mass is 10.1. The normalized spacial score (nSPS) is 19.5. The first kappa shape index (κ1) is 19.6. The van der Waals surface area contributed by atoms with Crippen LogP contribution in [0.25, 0.3) is 0 Å². The minimum Gasteiger partial charge on any atom is -0.376 e. The fourth-order valence-electron chi connectivity index (χ4n) is 3.32. The minimum atomic E-state index is -0.166. The van der Waals surface area contributed by atoms with Crippen LogP contribution in [0.2, 0.25) is 0 Å². The fraction of sp³-hybridized carbons (Fsp3) is 0.722. The van der Waals surface area contributed by atoms with Gasteiger partial charge in [-0.25, -0.2) is 4.79 Å². The van der Waals surface area contributed by atoms with Crippen LogP contribution in [0.5, 0.6) is 0 Å². The molecule has 3 rings (SSSR count). The fourth-order valence-corrected chi connectivity index (χ4v) is 3.32. The van der Waals surface area contributed by atoms with Crippen LogP contribution in [-0.4, -0.2) is 78.1 Å². The molecule has 9 heteroatoms. The SMILES string of the molecule is CN(C)C(=O)N1CCn2nc(CNC(=O)COC[C@H]3CCCCO3)cc2C1. The van der Waals surface area contributed by atoms with E-state index < -0.39 is 0 Å². The summed E-state index contributed by atoms with van der Waals surface area (Å²) in [6, 6.07) is 1.93. The molecule has 0 spiro atoms. The molecule has 2 aliphatic heterocycles. The van der Waals surface area contributed by atoms with Crippen molar-refractivity contribution in [3.63, 3.8) is 0 Å². The van der Waals surface area contributed by atoms with Crippen LogP contribution >= 0.6 is 0 Å². The maximum absolute atomic E-state index is 12.1. The average Bonchev–Trinajstić information content (AvgIpc) is 3.08. The molecular weight excluding hydrogens is 350 g/mol. The van der Waals surface area contributed by atoms with Crippen molar-refractivity contribution >= 4 is 11.9 Å². The van der Waals surface area contributed by atoms with Gasteiger partial charge in [-0.2, -0.15) is 5.10 Å². The summed E-state index contributed by atoms with van der Waals surface area (Å²) in [6.45, 7) is 3.44. The number of aromatic nitrogens is 2. The second-order valence-corrected chi connectivity index (χ2v) is 7.23. The van der Waals surface area contributed by atoms with E-state index >= 15 is 0 Å². The number of nitrogens with zero attached hydrogens (tertiary/aromatic N) is 4. The maximum Gasteiger partial charge on any atom is 0.319 e. The maximum atomic E-state index is 12.1. The molecule has 1 fully saturated rings. The third kappa shape index (κ3) is 5.43. The van der Waals surface area contributed by atoms with Crippen molar-refractivity contribution in [2.75, 3.05) is 40.5 Å². The van der Waals surface area contributed by atoms with Gasteiger partial charge in [0.2, 0.25) is 5.91 Å². The molecule has 150 valence electrons. The monoisotopic (exact) mass is 379 g/mol. The van der Waals surface area contributed by atoms with E-state index in [1.165, 1.54) is 0 Å². The van der Waals surface area contributed by atoms with Gasteiger partial charge in [-0.15, -0.1) is 0 Å². The molecule has 9 nitrogen and oxygen atoms in total. The quantitative estimate of drug-likeness (QED) is 0.781. The largest absolute Gasteiger partial charge is 0.376 e. The predicted octanol–water partition coefficient (Wildman–Crippen LogP) is 0.582. The van der Waals surface area contributed by atoms with E-state index in [1.54, 1.807) is 23.9 Å². The number of urea groups is 1. The molecule has 0 radical (unpaired) electrons. The lowest BCUT2D eigenvalue weighted by Crippen LogP contribution is -2.43. The molecule has 0 saturated carbocycles. The van der Waals surface area contributed by atoms with Gasteiger partial charge in [-0.3, -0.25) is 9.48 Å². The highest BCUT2D eigenvalue weighted by Crippen LogP contribution is 2.15. The topological polar surface area (TPSA) is 88.9 Å². The molecule has 3 heterocycles. The Morgan fingerprint density at radius 1 is 1.37 bits per heavy atom. The van der Waals surface area contributed by atoms with Crippen molar-refractivity contribution in [1.82, 2.24) is 24.9 Å². The number of amides is 3. The highest BCUT2D eigenvalue weighted by atomic mass is 16.5. The standard InChI is InChI=1S/C18H29N5O4/c1-21(2)18(25)22-6-7-23-15(11-22)9-14(20-23)10-19-17(24)13-26-12-16-5-3-4-8-27-16/h9,16H,3-8,10-13H2,1-2H3,(H,19,24)/t16-/m1/s1. The summed E-state index contributed by atoms with van der Waals surface area (Å²) in [5.41, 5.74) is 1.76. The van der Waals surface area contributed by atoms with Crippen molar-refractivity contribution in [2.45, 2.75) is 45.0 Å². The molecule has 0 aromatic carbocycles. The summed E-state index contributed by atoms with van der Waals surface area (Å²) >= 11 is 0. The van der Waals surface area contributed by atoms with E-state index in [1.807, 2.05) is 10.7 Å². The minimum absolute atomic E-state index is 0.00334. The molecule has 1 saturated heterocycles. The molecule has 0 bridgehead atoms. The first-order valence-electron chi connectivity index (χ1n) is 9.51. The van der Waals surface area contributed by atoms with Crippen LogP contribution in [0.15, 0.2) is 6.07 Å². The lowest BCUT2D eigenvalue weighted by Gasteiger charge is -2.29. The molecule has 0 unspecified atom stereocenters. The van der Waals surface area contributed by atoms with Crippen molar-refractivity contribution < 1.29 is 19.1 Å². The molecule has 1 atom stereocenters. The van der Waals surface area contributed by atoms with Crippen molar-refractivity contribution in [3.05, 3.63) is 17.5 Å². The molecule has 27 heavy (non-hydrogen) atoms. The average molecular weight is 379 g/mol. The highest BCUT2D eigenvalue weighted by Gasteiger charge is 2.23. The van der Waals surface area contributed by atoms with E-state index in [2.05, 4.69) is 10.4 Å². The second-order valence-electron chi connectivity index (χ2n) is 7.23. The van der Waals surface area contributed by atoms with Gasteiger partial charge in [-0.05, 0) is 25.3 Å². The number of ether oxygens (including phenoxy) is 2. The molecular formula is C18H29N5O4. The smallest absolute Gasteiger partial charge is 0.319 e. The Morgan fingerprint density at radius 2 is 2.22 bits per heavy atom. The van der Waals surface area contributed by atoms with Crippen molar-refractivity contribution in [3.8, 4) is 0 Å². The summed E-state index contributed by atoms with van der Waals surface area (Å²) in [6.07, 6.45) is 3.37. The number of nitrogens with one attached hydrogen (secondary N) is 1. The zero-order valence-corrected chi connectivity index (χ0v) is 16.1. The summed E-state index contributed by atoms with van der Waals surface area (Å²) in [7, 11) is 3.50. The van der Waals surface area contributed by atoms with Crippen LogP contribution < -0.4 is 5.32 Å². The van der Waals surface area contributed by atoms with Gasteiger partial charge in [-0.1, -0.05) is 0 Å². The zero-order chi connectivity index (χ0) is 19.2. The number of carbonyl (C=O) groups excluding carboxylic acids is 2. The summed E-state index contributed by atoms with van der Waals surface area (Å²) in [5.74, 6) is -0.166. The lowest BCUT2D eigenvalue weighted by molar-refractivity contribution is -0.128. The number of carbonyl (C=O) groups is 2. The highest BCUT2D eigenvalue weighted by molar-refractivity contribution is 5.77. The Bertz CT molecular complexity index is 654. The van der Waals surface area contributed by atoms with Gasteiger partial charge in [0, 0.05) is 27.2 Å². The van der Waals surface area contributed by atoms with Gasteiger partial charge >= 0.3 is 6.03 Å². The Morgan fingerprint density at radius 3 is 2.96 bits per heavy atom. The number of rotatable bonds is 6. The Kier molecular flexibility index (Phi) is 6.68. The van der Waals surface area contributed by atoms with E-state index in [9.17, 15) is 9.59 Å². The van der Waals surface area contributed by atoms with Crippen LogP contribution in [0.4, 0.5) is 4.79 Å². The van der Waals surface area contributed by atoms with Gasteiger partial charge in [0.15, 0.2) is 0 Å². The predicted molar refractivity (Wildman–Crippen MR) is 98.0 cm³/mol.